The van der Waals surface area contributed by atoms with Crippen LogP contribution in [0, 0.1) is 45.3 Å². The third-order valence-corrected chi connectivity index (χ3v) is 5.49. The summed E-state index contributed by atoms with van der Waals surface area (Å²) in [6, 6.07) is 7.35. The first-order chi connectivity index (χ1) is 11.0. The van der Waals surface area contributed by atoms with Crippen molar-refractivity contribution in [2.24, 2.45) is 0 Å². The normalized spacial score (nSPS) is 9.26. The van der Waals surface area contributed by atoms with Crippen LogP contribution in [0.15, 0.2) is 0 Å². The van der Waals surface area contributed by atoms with E-state index in [-0.39, 0.29) is 47.5 Å². The zero-order valence-electron chi connectivity index (χ0n) is 11.5. The predicted molar refractivity (Wildman–Crippen MR) is 81.9 cm³/mol. The molecular weight excluding hydrogens is 332 g/mol. The van der Waals surface area contributed by atoms with Gasteiger partial charge in [0.05, 0.1) is 41.8 Å². The number of nitrogens with zero attached hydrogens (tertiary/aromatic N) is 4. The van der Waals surface area contributed by atoms with Gasteiger partial charge in [0.1, 0.15) is 24.3 Å². The van der Waals surface area contributed by atoms with Gasteiger partial charge in [0.25, 0.3) is 0 Å². The number of rotatable bonds is 3. The molecule has 2 rings (SSSR count). The number of carbonyl (C=O) groups is 2. The van der Waals surface area contributed by atoms with Gasteiger partial charge in [0.15, 0.2) is 12.1 Å². The molecule has 0 saturated carbocycles. The molecule has 0 radical (unpaired) electrons. The lowest BCUT2D eigenvalue weighted by Crippen LogP contribution is -1.91. The molecule has 2 aromatic rings. The fraction of sp³-hybridized carbons (Fsp3) is 0.0667. The summed E-state index contributed by atoms with van der Waals surface area (Å²) in [7, 11) is 0. The third kappa shape index (κ3) is 2.39. The molecule has 2 aromatic heterocycles. The van der Waals surface area contributed by atoms with E-state index in [1.165, 1.54) is 6.92 Å². The van der Waals surface area contributed by atoms with Gasteiger partial charge in [-0.25, -0.2) is 0 Å². The lowest BCUT2D eigenvalue weighted by molar-refractivity contribution is 0.102. The second kappa shape index (κ2) is 6.22. The molecule has 0 amide bonds. The fourth-order valence-electron chi connectivity index (χ4n) is 1.96. The van der Waals surface area contributed by atoms with Crippen molar-refractivity contribution in [1.82, 2.24) is 0 Å². The van der Waals surface area contributed by atoms with Gasteiger partial charge in [-0.05, 0) is 0 Å². The van der Waals surface area contributed by atoms with Crippen LogP contribution in [0.5, 0.6) is 0 Å². The first-order valence-electron chi connectivity index (χ1n) is 5.94. The highest BCUT2D eigenvalue weighted by atomic mass is 32.1. The van der Waals surface area contributed by atoms with E-state index in [2.05, 4.69) is 0 Å². The topological polar surface area (TPSA) is 129 Å². The smallest absolute Gasteiger partial charge is 0.171 e. The Bertz CT molecular complexity index is 1020. The van der Waals surface area contributed by atoms with Crippen molar-refractivity contribution in [3.05, 3.63) is 32.0 Å². The minimum absolute atomic E-state index is 0.0256. The molecule has 0 bridgehead atoms. The van der Waals surface area contributed by atoms with E-state index in [4.69, 9.17) is 5.26 Å². The molecule has 6 nitrogen and oxygen atoms in total. The lowest BCUT2D eigenvalue weighted by Gasteiger charge is -1.94. The summed E-state index contributed by atoms with van der Waals surface area (Å²) in [6.07, 6.45) is 0.463. The standard InChI is InChI=1S/C15H4N4O2S2/c1-7(21)13-10(4-18)11(5-19)15(23-13)14-9(3-17)8(2-16)12(6-20)22-14/h6H,1H3. The number of thiophene rings is 2. The Balaban J connectivity index is 2.93. The lowest BCUT2D eigenvalue weighted by atomic mass is 10.1. The van der Waals surface area contributed by atoms with E-state index in [1.807, 2.05) is 18.2 Å². The van der Waals surface area contributed by atoms with Crippen molar-refractivity contribution in [1.29, 1.82) is 21.0 Å². The maximum Gasteiger partial charge on any atom is 0.171 e. The molecule has 108 valence electrons. The van der Waals surface area contributed by atoms with Crippen LogP contribution in [0.25, 0.3) is 9.75 Å². The van der Waals surface area contributed by atoms with Gasteiger partial charge in [-0.15, -0.1) is 22.7 Å². The van der Waals surface area contributed by atoms with Gasteiger partial charge < -0.3 is 0 Å². The molecule has 8 heteroatoms. The molecule has 0 spiro atoms. The number of hydrogen-bond acceptors (Lipinski definition) is 8. The van der Waals surface area contributed by atoms with Gasteiger partial charge in [-0.2, -0.15) is 21.0 Å². The molecule has 0 aromatic carbocycles. The van der Waals surface area contributed by atoms with Crippen LogP contribution in [0.2, 0.25) is 0 Å². The minimum Gasteiger partial charge on any atom is -0.297 e. The van der Waals surface area contributed by atoms with Crippen molar-refractivity contribution < 1.29 is 9.59 Å². The van der Waals surface area contributed by atoms with E-state index < -0.39 is 0 Å². The number of nitriles is 4. The Labute approximate surface area is 138 Å². The molecule has 0 aliphatic heterocycles. The first kappa shape index (κ1) is 16.1. The summed E-state index contributed by atoms with van der Waals surface area (Å²) < 4.78 is 0. The van der Waals surface area contributed by atoms with Crippen LogP contribution in [0.3, 0.4) is 0 Å². The van der Waals surface area contributed by atoms with Crippen molar-refractivity contribution in [3.63, 3.8) is 0 Å². The molecule has 23 heavy (non-hydrogen) atoms. The molecule has 0 unspecified atom stereocenters. The molecule has 0 N–H and O–H groups in total. The third-order valence-electron chi connectivity index (χ3n) is 2.92. The monoisotopic (exact) mass is 336 g/mol. The first-order valence-corrected chi connectivity index (χ1v) is 7.57. The van der Waals surface area contributed by atoms with Gasteiger partial charge in [0.2, 0.25) is 0 Å². The number of carbonyl (C=O) groups excluding carboxylic acids is 2. The van der Waals surface area contributed by atoms with E-state index in [0.717, 1.165) is 22.7 Å². The number of ketones is 1. The zero-order valence-corrected chi connectivity index (χ0v) is 13.1. The van der Waals surface area contributed by atoms with Gasteiger partial charge in [-0.3, -0.25) is 9.59 Å². The van der Waals surface area contributed by atoms with Crippen LogP contribution in [-0.2, 0) is 0 Å². The average molecular weight is 336 g/mol. The van der Waals surface area contributed by atoms with Crippen LogP contribution >= 0.6 is 22.7 Å². The molecule has 0 saturated heterocycles. The predicted octanol–water partition coefficient (Wildman–Crippen LogP) is 2.98. The van der Waals surface area contributed by atoms with Gasteiger partial charge in [0, 0.05) is 6.92 Å². The quantitative estimate of drug-likeness (QED) is 0.625. The molecule has 0 aliphatic rings. The summed E-state index contributed by atoms with van der Waals surface area (Å²) in [5.74, 6) is -0.375. The highest BCUT2D eigenvalue weighted by Crippen LogP contribution is 2.43. The largest absolute Gasteiger partial charge is 0.297 e. The molecule has 0 fully saturated rings. The number of Topliss-reactive ketones (excluding diaryl/α,β-unsaturated/α-hetero) is 1. The van der Waals surface area contributed by atoms with Crippen LogP contribution in [0.1, 0.15) is 48.5 Å². The summed E-state index contributed by atoms with van der Waals surface area (Å²) in [5.41, 5.74) is -0.176. The van der Waals surface area contributed by atoms with Crippen molar-refractivity contribution in [3.8, 4) is 34.0 Å². The van der Waals surface area contributed by atoms with E-state index in [9.17, 15) is 25.4 Å². The Morgan fingerprint density at radius 3 is 1.78 bits per heavy atom. The maximum atomic E-state index is 11.7. The van der Waals surface area contributed by atoms with E-state index >= 15 is 0 Å². The van der Waals surface area contributed by atoms with Crippen LogP contribution < -0.4 is 0 Å². The van der Waals surface area contributed by atoms with Gasteiger partial charge >= 0.3 is 0 Å². The zero-order chi connectivity index (χ0) is 17.1. The Kier molecular flexibility index (Phi) is 4.35. The van der Waals surface area contributed by atoms with Crippen LogP contribution in [-0.4, -0.2) is 12.1 Å². The molecule has 0 atom stereocenters. The van der Waals surface area contributed by atoms with E-state index in [1.54, 1.807) is 6.07 Å². The fourth-order valence-corrected chi connectivity index (χ4v) is 4.22. The molecular formula is C15H4N4O2S2. The highest BCUT2D eigenvalue weighted by Gasteiger charge is 2.27. The van der Waals surface area contributed by atoms with Crippen molar-refractivity contribution in [2.75, 3.05) is 0 Å². The second-order valence-corrected chi connectivity index (χ2v) is 6.25. The Morgan fingerprint density at radius 2 is 1.35 bits per heavy atom. The average Bonchev–Trinajstić information content (AvgIpc) is 3.10. The van der Waals surface area contributed by atoms with Crippen molar-refractivity contribution >= 4 is 34.7 Å². The number of hydrogen-bond donors (Lipinski definition) is 0. The maximum absolute atomic E-state index is 11.7. The summed E-state index contributed by atoms with van der Waals surface area (Å²) in [6.45, 7) is 1.27. The Hall–Kier alpha value is -3.30. The van der Waals surface area contributed by atoms with E-state index in [0.29, 0.717) is 6.29 Å². The molecule has 0 aliphatic carbocycles. The summed E-state index contributed by atoms with van der Waals surface area (Å²) in [5, 5.41) is 36.9. The second-order valence-electron chi connectivity index (χ2n) is 4.18. The van der Waals surface area contributed by atoms with Crippen LogP contribution in [0.4, 0.5) is 0 Å². The summed E-state index contributed by atoms with van der Waals surface area (Å²) >= 11 is 1.80. The minimum atomic E-state index is -0.375. The molecule has 2 heterocycles. The summed E-state index contributed by atoms with van der Waals surface area (Å²) in [4.78, 5) is 23.4. The van der Waals surface area contributed by atoms with Crippen molar-refractivity contribution in [2.45, 2.75) is 6.92 Å². The SMILES string of the molecule is CC(=O)c1sc(-c2sc(C=O)c(C#N)c2C#N)c(C#N)c1C#N. The van der Waals surface area contributed by atoms with Gasteiger partial charge in [-0.1, -0.05) is 0 Å². The Morgan fingerprint density at radius 1 is 0.870 bits per heavy atom. The highest BCUT2D eigenvalue weighted by molar-refractivity contribution is 7.24. The number of aldehydes is 1.